The van der Waals surface area contributed by atoms with E-state index in [9.17, 15) is 4.79 Å². The van der Waals surface area contributed by atoms with Gasteiger partial charge in [-0.05, 0) is 32.1 Å². The molecule has 15 heavy (non-hydrogen) atoms. The zero-order chi connectivity index (χ0) is 10.9. The third-order valence-corrected chi connectivity index (χ3v) is 3.37. The Balaban J connectivity index is 1.98. The van der Waals surface area contributed by atoms with Crippen LogP contribution in [0.4, 0.5) is 0 Å². The van der Waals surface area contributed by atoms with Crippen molar-refractivity contribution in [3.63, 3.8) is 0 Å². The lowest BCUT2D eigenvalue weighted by Crippen LogP contribution is -2.39. The van der Waals surface area contributed by atoms with Gasteiger partial charge in [-0.15, -0.1) is 0 Å². The molecule has 2 aliphatic carbocycles. The first kappa shape index (κ1) is 10.5. The second kappa shape index (κ2) is 3.84. The molecule has 2 saturated carbocycles. The van der Waals surface area contributed by atoms with Crippen LogP contribution >= 0.6 is 0 Å². The molecular formula is C12H18N2O. The van der Waals surface area contributed by atoms with Gasteiger partial charge in [0.25, 0.3) is 0 Å². The topological polar surface area (TPSA) is 44.1 Å². The summed E-state index contributed by atoms with van der Waals surface area (Å²) < 4.78 is 0. The first-order valence-corrected chi connectivity index (χ1v) is 5.96. The normalized spacial score (nSPS) is 21.9. The van der Waals surface area contributed by atoms with Crippen LogP contribution in [0, 0.1) is 16.7 Å². The standard InChI is InChI=1S/C12H18N2O/c1-2-3-8-14(10-4-5-10)11(15)12(9-13)6-7-12/h10H,2-8H2,1H3. The molecule has 0 spiro atoms. The number of carbonyl (C=O) groups excluding carboxylic acids is 1. The predicted molar refractivity (Wildman–Crippen MR) is 56.9 cm³/mol. The van der Waals surface area contributed by atoms with Crippen LogP contribution in [-0.2, 0) is 4.79 Å². The molecule has 0 atom stereocenters. The molecular weight excluding hydrogens is 188 g/mol. The van der Waals surface area contributed by atoms with E-state index in [-0.39, 0.29) is 5.91 Å². The van der Waals surface area contributed by atoms with Crippen molar-refractivity contribution in [1.29, 1.82) is 5.26 Å². The van der Waals surface area contributed by atoms with E-state index >= 15 is 0 Å². The van der Waals surface area contributed by atoms with Crippen molar-refractivity contribution in [3.8, 4) is 6.07 Å². The number of rotatable bonds is 5. The predicted octanol–water partition coefficient (Wildman–Crippen LogP) is 2.08. The summed E-state index contributed by atoms with van der Waals surface area (Å²) in [6.07, 6.45) is 5.99. The van der Waals surface area contributed by atoms with Crippen molar-refractivity contribution in [1.82, 2.24) is 4.90 Å². The quantitative estimate of drug-likeness (QED) is 0.691. The minimum absolute atomic E-state index is 0.112. The van der Waals surface area contributed by atoms with Gasteiger partial charge in [0.2, 0.25) is 5.91 Å². The van der Waals surface area contributed by atoms with E-state index in [0.29, 0.717) is 6.04 Å². The SMILES string of the molecule is CCCCN(C(=O)C1(C#N)CC1)C1CC1. The first-order chi connectivity index (χ1) is 7.23. The smallest absolute Gasteiger partial charge is 0.243 e. The van der Waals surface area contributed by atoms with Gasteiger partial charge in [-0.1, -0.05) is 13.3 Å². The lowest BCUT2D eigenvalue weighted by Gasteiger charge is -2.24. The molecule has 0 unspecified atom stereocenters. The highest BCUT2D eigenvalue weighted by Crippen LogP contribution is 2.48. The van der Waals surface area contributed by atoms with Crippen LogP contribution in [0.5, 0.6) is 0 Å². The molecule has 0 saturated heterocycles. The molecule has 0 aliphatic heterocycles. The Kier molecular flexibility index (Phi) is 2.68. The zero-order valence-electron chi connectivity index (χ0n) is 9.33. The summed E-state index contributed by atoms with van der Waals surface area (Å²) in [6.45, 7) is 2.98. The highest BCUT2D eigenvalue weighted by atomic mass is 16.2. The van der Waals surface area contributed by atoms with Crippen molar-refractivity contribution in [2.24, 2.45) is 5.41 Å². The molecule has 3 heteroatoms. The second-order valence-corrected chi connectivity index (χ2v) is 4.78. The lowest BCUT2D eigenvalue weighted by atomic mass is 10.1. The van der Waals surface area contributed by atoms with Crippen molar-refractivity contribution in [2.75, 3.05) is 6.54 Å². The van der Waals surface area contributed by atoms with E-state index in [2.05, 4.69) is 13.0 Å². The van der Waals surface area contributed by atoms with Gasteiger partial charge in [-0.3, -0.25) is 4.79 Å². The maximum atomic E-state index is 12.1. The highest BCUT2D eigenvalue weighted by molar-refractivity contribution is 5.88. The van der Waals surface area contributed by atoms with Crippen LogP contribution < -0.4 is 0 Å². The number of nitrogens with zero attached hydrogens (tertiary/aromatic N) is 2. The Morgan fingerprint density at radius 1 is 1.53 bits per heavy atom. The molecule has 2 aliphatic rings. The average Bonchev–Trinajstić information content (AvgIpc) is 3.12. The minimum atomic E-state index is -0.615. The molecule has 2 rings (SSSR count). The van der Waals surface area contributed by atoms with Crippen molar-refractivity contribution < 1.29 is 4.79 Å². The van der Waals surface area contributed by atoms with Crippen LogP contribution in [0.2, 0.25) is 0 Å². The molecule has 1 amide bonds. The molecule has 0 N–H and O–H groups in total. The van der Waals surface area contributed by atoms with Gasteiger partial charge < -0.3 is 4.90 Å². The Morgan fingerprint density at radius 3 is 2.60 bits per heavy atom. The lowest BCUT2D eigenvalue weighted by molar-refractivity contribution is -0.135. The van der Waals surface area contributed by atoms with Crippen LogP contribution in [-0.4, -0.2) is 23.4 Å². The maximum absolute atomic E-state index is 12.1. The van der Waals surface area contributed by atoms with Gasteiger partial charge in [0.15, 0.2) is 0 Å². The number of hydrogen-bond donors (Lipinski definition) is 0. The van der Waals surface area contributed by atoms with E-state index in [0.717, 1.165) is 45.1 Å². The van der Waals surface area contributed by atoms with Crippen molar-refractivity contribution >= 4 is 5.91 Å². The fourth-order valence-electron chi connectivity index (χ4n) is 1.94. The first-order valence-electron chi connectivity index (χ1n) is 5.96. The largest absolute Gasteiger partial charge is 0.338 e. The zero-order valence-corrected chi connectivity index (χ0v) is 9.33. The van der Waals surface area contributed by atoms with Crippen LogP contribution in [0.3, 0.4) is 0 Å². The Morgan fingerprint density at radius 2 is 2.20 bits per heavy atom. The van der Waals surface area contributed by atoms with Gasteiger partial charge in [-0.2, -0.15) is 5.26 Å². The Hall–Kier alpha value is -1.04. The summed E-state index contributed by atoms with van der Waals surface area (Å²) in [5.41, 5.74) is -0.615. The third-order valence-electron chi connectivity index (χ3n) is 3.37. The molecule has 0 heterocycles. The molecule has 2 fully saturated rings. The van der Waals surface area contributed by atoms with E-state index in [1.54, 1.807) is 0 Å². The summed E-state index contributed by atoms with van der Waals surface area (Å²) in [5, 5.41) is 9.01. The van der Waals surface area contributed by atoms with Gasteiger partial charge in [0, 0.05) is 12.6 Å². The third kappa shape index (κ3) is 1.99. The van der Waals surface area contributed by atoms with Crippen molar-refractivity contribution in [3.05, 3.63) is 0 Å². The van der Waals surface area contributed by atoms with Gasteiger partial charge in [0.1, 0.15) is 5.41 Å². The van der Waals surface area contributed by atoms with E-state index in [1.165, 1.54) is 0 Å². The van der Waals surface area contributed by atoms with Gasteiger partial charge in [-0.25, -0.2) is 0 Å². The molecule has 0 aromatic heterocycles. The van der Waals surface area contributed by atoms with Crippen LogP contribution in [0.25, 0.3) is 0 Å². The second-order valence-electron chi connectivity index (χ2n) is 4.78. The van der Waals surface area contributed by atoms with Gasteiger partial charge >= 0.3 is 0 Å². The number of carbonyl (C=O) groups is 1. The Bertz CT molecular complexity index is 297. The highest BCUT2D eigenvalue weighted by Gasteiger charge is 2.54. The molecule has 0 radical (unpaired) electrons. The van der Waals surface area contributed by atoms with Crippen LogP contribution in [0.1, 0.15) is 45.4 Å². The van der Waals surface area contributed by atoms with E-state index < -0.39 is 5.41 Å². The number of amides is 1. The molecule has 0 aromatic rings. The van der Waals surface area contributed by atoms with E-state index in [4.69, 9.17) is 5.26 Å². The monoisotopic (exact) mass is 206 g/mol. The summed E-state index contributed by atoms with van der Waals surface area (Å²) in [5.74, 6) is 0.112. The molecule has 0 bridgehead atoms. The average molecular weight is 206 g/mol. The fraction of sp³-hybridized carbons (Fsp3) is 0.833. The van der Waals surface area contributed by atoms with Gasteiger partial charge in [0.05, 0.1) is 6.07 Å². The van der Waals surface area contributed by atoms with E-state index in [1.807, 2.05) is 4.90 Å². The molecule has 82 valence electrons. The molecule has 3 nitrogen and oxygen atoms in total. The van der Waals surface area contributed by atoms with Crippen LogP contribution in [0.15, 0.2) is 0 Å². The maximum Gasteiger partial charge on any atom is 0.243 e. The fourth-order valence-corrected chi connectivity index (χ4v) is 1.94. The number of hydrogen-bond acceptors (Lipinski definition) is 2. The Labute approximate surface area is 91.1 Å². The molecule has 0 aromatic carbocycles. The summed E-state index contributed by atoms with van der Waals surface area (Å²) in [6, 6.07) is 2.65. The summed E-state index contributed by atoms with van der Waals surface area (Å²) >= 11 is 0. The number of nitriles is 1. The number of unbranched alkanes of at least 4 members (excludes halogenated alkanes) is 1. The summed E-state index contributed by atoms with van der Waals surface area (Å²) in [4.78, 5) is 14.1. The van der Waals surface area contributed by atoms with Crippen molar-refractivity contribution in [2.45, 2.75) is 51.5 Å². The summed E-state index contributed by atoms with van der Waals surface area (Å²) in [7, 11) is 0. The minimum Gasteiger partial charge on any atom is -0.338 e.